The number of piperidine rings is 2. The number of likely N-dealkylation sites (N-methyl/N-ethyl adjacent to an activating group) is 2. The van der Waals surface area contributed by atoms with E-state index in [-0.39, 0.29) is 90.5 Å². The monoisotopic (exact) mass is 1780 g/mol. The Morgan fingerprint density at radius 3 is 1.15 bits per heavy atom. The lowest BCUT2D eigenvalue weighted by Gasteiger charge is -2.39. The summed E-state index contributed by atoms with van der Waals surface area (Å²) in [5.41, 5.74) is 8.09. The highest BCUT2D eigenvalue weighted by Gasteiger charge is 2.41. The summed E-state index contributed by atoms with van der Waals surface area (Å²) >= 11 is 6.05. The van der Waals surface area contributed by atoms with Crippen LogP contribution in [0.4, 0.5) is 8.78 Å². The molecule has 8 aromatic carbocycles. The van der Waals surface area contributed by atoms with Crippen molar-refractivity contribution in [3.63, 3.8) is 0 Å². The molecule has 4 saturated heterocycles. The Bertz CT molecular complexity index is 6930. The van der Waals surface area contributed by atoms with E-state index in [1.54, 1.807) is 70.3 Å². The maximum Gasteiger partial charge on any atom is 0.342 e. The molecule has 6 N–H and O–H groups in total. The highest BCUT2D eigenvalue weighted by atomic mass is 35.5. The lowest BCUT2D eigenvalue weighted by Crippen LogP contribution is -2.46. The Balaban J connectivity index is 0.000000121. The number of rotatable bonds is 17. The molecule has 0 radical (unpaired) electrons. The van der Waals surface area contributed by atoms with Gasteiger partial charge in [-0.15, -0.1) is 0 Å². The van der Waals surface area contributed by atoms with E-state index in [9.17, 15) is 54.2 Å². The minimum Gasteiger partial charge on any atom is -0.507 e. The second kappa shape index (κ2) is 38.1. The van der Waals surface area contributed by atoms with Gasteiger partial charge in [0.15, 0.2) is 5.82 Å². The van der Waals surface area contributed by atoms with Crippen LogP contribution in [0.25, 0.3) is 87.0 Å². The van der Waals surface area contributed by atoms with Gasteiger partial charge >= 0.3 is 23.9 Å². The zero-order valence-corrected chi connectivity index (χ0v) is 73.3. The summed E-state index contributed by atoms with van der Waals surface area (Å²) in [5, 5.41) is 71.7. The number of furan rings is 4. The molecule has 0 aliphatic carbocycles. The predicted octanol–water partition coefficient (Wildman–Crippen LogP) is 19.5. The van der Waals surface area contributed by atoms with Gasteiger partial charge in [0.25, 0.3) is 0 Å². The zero-order chi connectivity index (χ0) is 90.9. The number of fused-ring (bicyclic) bond motifs is 12. The van der Waals surface area contributed by atoms with Crippen molar-refractivity contribution in [3.05, 3.63) is 284 Å². The summed E-state index contributed by atoms with van der Waals surface area (Å²) in [6.45, 7) is 15.2. The number of carbonyl (C=O) groups excluding carboxylic acids is 2. The molecule has 0 amide bonds. The molecule has 16 aromatic rings. The number of nitrogens with zero attached hydrogens (tertiary/aromatic N) is 10. The first-order valence-corrected chi connectivity index (χ1v) is 43.8. The van der Waals surface area contributed by atoms with E-state index in [0.29, 0.717) is 115 Å². The van der Waals surface area contributed by atoms with Crippen LogP contribution in [-0.2, 0) is 9.47 Å². The maximum atomic E-state index is 15.2. The fraction of sp³-hybridized carbons (Fsp3) is 0.287. The topological polar surface area (TPSA) is 332 Å². The van der Waals surface area contributed by atoms with Crippen molar-refractivity contribution in [2.45, 2.75) is 83.5 Å². The van der Waals surface area contributed by atoms with Gasteiger partial charge in [-0.25, -0.2) is 28.0 Å². The number of hydrogen-bond acceptors (Lipinski definition) is 24. The van der Waals surface area contributed by atoms with E-state index in [2.05, 4.69) is 49.3 Å². The number of hydrogen-bond donors (Lipinski definition) is 6. The summed E-state index contributed by atoms with van der Waals surface area (Å²) in [4.78, 5) is 80.3. The lowest BCUT2D eigenvalue weighted by atomic mass is 9.88. The predicted molar refractivity (Wildman–Crippen MR) is 490 cm³/mol. The van der Waals surface area contributed by atoms with Gasteiger partial charge in [0, 0.05) is 183 Å². The molecule has 29 heteroatoms. The standard InChI is InChI=1S/C27H28N2O4.C26H26N2O4.C24H21ClFN3O4.C24H22FN3O4/c1-3-32-27(31)21-17(2)33-26-20-10-6-5-9-19(20)25(30)23(22(21)26)24(18-11-13-28-14-12-18)29-15-7-4-8-16-29;1-16-20(26(30)31-2)21-22(24(29)18-8-4-5-9-19(18)25(21)32-16)23(17-10-12-27-13-11-17)28-14-6-3-7-15-28;1-28-8-10-29(11-9-28)21(13-4-6-27-7-5-13)19-17-15(24(31)32)12-33-23(17)14-2-3-16(25)20(26)18(14)22(19)30;1-27-8-10-28(11-9-27)21(14-4-6-26-7-5-14)20-19-18(24(30)31)13-32-23(19)16-3-2-15(25)12-17(16)22(20)29/h5-6,9-14,24,30H,3-4,7-8,15-16H2,1-2H3;4-5,8-13,23,29H,3,6-7,14-15H2,1-2H3;2-7,12,21,30H,8-11H2,1H3,(H,31,32);2-7,12-13,21,29H,8-11H2,1H3,(H,30,31). The molecule has 0 spiro atoms. The third kappa shape index (κ3) is 16.7. The largest absolute Gasteiger partial charge is 0.507 e. The van der Waals surface area contributed by atoms with Crippen molar-refractivity contribution < 1.29 is 85.7 Å². The number of methoxy groups -OCH3 is 1. The van der Waals surface area contributed by atoms with Gasteiger partial charge in [-0.1, -0.05) is 73.0 Å². The van der Waals surface area contributed by atoms with Crippen molar-refractivity contribution in [1.29, 1.82) is 0 Å². The lowest BCUT2D eigenvalue weighted by molar-refractivity contribution is 0.0524. The molecule has 4 aliphatic heterocycles. The number of ether oxygens (including phenoxy) is 2. The van der Waals surface area contributed by atoms with Gasteiger partial charge in [0.05, 0.1) is 48.3 Å². The molecule has 12 heterocycles. The van der Waals surface area contributed by atoms with Crippen LogP contribution in [0, 0.1) is 25.5 Å². The van der Waals surface area contributed by atoms with Gasteiger partial charge in [0.1, 0.15) is 97.4 Å². The number of phenolic OH excluding ortho intramolecular Hbond substituents is 4. The van der Waals surface area contributed by atoms with E-state index in [0.717, 1.165) is 117 Å². The number of phenols is 4. The number of halogens is 3. The van der Waals surface area contributed by atoms with Crippen LogP contribution in [0.15, 0.2) is 207 Å². The highest BCUT2D eigenvalue weighted by Crippen LogP contribution is 2.54. The average Bonchev–Trinajstić information content (AvgIpc) is 1.52. The van der Waals surface area contributed by atoms with E-state index in [1.807, 2.05) is 111 Å². The second-order valence-electron chi connectivity index (χ2n) is 33.2. The Hall–Kier alpha value is -13.5. The number of esters is 2. The number of aromatic carboxylic acids is 2. The molecule has 4 aliphatic rings. The molecule has 0 saturated carbocycles. The number of aromatic nitrogens is 4. The molecule has 26 nitrogen and oxygen atoms in total. The van der Waals surface area contributed by atoms with Crippen LogP contribution < -0.4 is 0 Å². The van der Waals surface area contributed by atoms with Gasteiger partial charge in [-0.05, 0) is 188 Å². The first kappa shape index (κ1) is 88.6. The third-order valence-corrected chi connectivity index (χ3v) is 25.9. The minimum atomic E-state index is -1.20. The van der Waals surface area contributed by atoms with E-state index >= 15 is 4.39 Å². The van der Waals surface area contributed by atoms with E-state index in [1.165, 1.54) is 56.5 Å². The van der Waals surface area contributed by atoms with Crippen LogP contribution in [0.5, 0.6) is 23.0 Å². The van der Waals surface area contributed by atoms with Gasteiger partial charge in [-0.2, -0.15) is 0 Å². The average molecular weight is 1780 g/mol. The summed E-state index contributed by atoms with van der Waals surface area (Å²) in [5.74, 6) is -3.70. The van der Waals surface area contributed by atoms with Crippen LogP contribution in [0.3, 0.4) is 0 Å². The number of aryl methyl sites for hydroxylation is 2. The smallest absolute Gasteiger partial charge is 0.342 e. The molecule has 4 atom stereocenters. The number of likely N-dealkylation sites (tertiary alicyclic amines) is 2. The number of benzene rings is 8. The Morgan fingerprint density at radius 1 is 0.415 bits per heavy atom. The molecular weight excluding hydrogens is 1680 g/mol. The maximum absolute atomic E-state index is 15.2. The second-order valence-corrected chi connectivity index (χ2v) is 33.6. The van der Waals surface area contributed by atoms with E-state index in [4.69, 9.17) is 38.7 Å². The molecular formula is C101H97ClF2N10O16. The summed E-state index contributed by atoms with van der Waals surface area (Å²) < 4.78 is 63.6. The Morgan fingerprint density at radius 2 is 0.762 bits per heavy atom. The number of aromatic hydroxyl groups is 4. The number of carboxylic acid groups (broad SMARTS) is 2. The zero-order valence-electron chi connectivity index (χ0n) is 72.5. The van der Waals surface area contributed by atoms with Crippen molar-refractivity contribution in [2.75, 3.05) is 106 Å². The highest BCUT2D eigenvalue weighted by molar-refractivity contribution is 6.32. The molecule has 8 aromatic heterocycles. The number of carboxylic acids is 2. The normalized spacial score (nSPS) is 16.1. The molecule has 4 fully saturated rings. The fourth-order valence-corrected chi connectivity index (χ4v) is 19.6. The van der Waals surface area contributed by atoms with Crippen LogP contribution in [0.1, 0.15) is 167 Å². The van der Waals surface area contributed by atoms with Gasteiger partial charge in [0.2, 0.25) is 0 Å². The molecule has 130 heavy (non-hydrogen) atoms. The van der Waals surface area contributed by atoms with Crippen molar-refractivity contribution in [2.24, 2.45) is 0 Å². The molecule has 0 bridgehead atoms. The fourth-order valence-electron chi connectivity index (χ4n) is 19.4. The van der Waals surface area contributed by atoms with Crippen molar-refractivity contribution >= 4 is 122 Å². The molecule has 20 rings (SSSR count). The third-order valence-electron chi connectivity index (χ3n) is 25.6. The summed E-state index contributed by atoms with van der Waals surface area (Å²) in [6, 6.07) is 35.9. The quantitative estimate of drug-likeness (QED) is 0.0461. The van der Waals surface area contributed by atoms with Crippen LogP contribution in [0.2, 0.25) is 5.02 Å². The van der Waals surface area contributed by atoms with Crippen molar-refractivity contribution in [1.82, 2.24) is 49.3 Å². The van der Waals surface area contributed by atoms with Gasteiger partial charge < -0.3 is 67.6 Å². The van der Waals surface area contributed by atoms with Crippen LogP contribution in [-0.4, -0.2) is 210 Å². The first-order valence-electron chi connectivity index (χ1n) is 43.4. The summed E-state index contributed by atoms with van der Waals surface area (Å²) in [6.07, 6.45) is 22.8. The Labute approximate surface area is 750 Å². The van der Waals surface area contributed by atoms with Crippen LogP contribution >= 0.6 is 11.6 Å². The number of carbonyl (C=O) groups is 4. The minimum absolute atomic E-state index is 0.0373. The summed E-state index contributed by atoms with van der Waals surface area (Å²) in [7, 11) is 5.44. The molecule has 668 valence electrons. The number of piperazine rings is 2. The SMILES string of the molecule is CCOC(=O)c1c(C)oc2c1c(C(c1ccncc1)N1CCCCC1)c(O)c1ccccc12.CN1CCN(C(c2ccncc2)c2c(O)c3c(F)c(Cl)ccc3c3occ(C(=O)O)c23)CC1.CN1CCN(C(c2ccncc2)c2c(O)c3cc(F)ccc3c3occ(C(=O)O)c23)CC1.COC(=O)c1c(C)oc2c1c(C(c1ccncc1)N1CCCCC1)c(O)c1ccccc12. The van der Waals surface area contributed by atoms with Gasteiger partial charge in [-0.3, -0.25) is 39.5 Å². The first-order chi connectivity index (χ1) is 63.1. The van der Waals surface area contributed by atoms with E-state index < -0.39 is 47.6 Å². The van der Waals surface area contributed by atoms with Crippen molar-refractivity contribution in [3.8, 4) is 23.0 Å². The molecule has 4 unspecified atom stereocenters. The number of pyridine rings is 4. The Kier molecular flexibility index (Phi) is 25.9.